The summed E-state index contributed by atoms with van der Waals surface area (Å²) < 4.78 is 5.06. The van der Waals surface area contributed by atoms with Gasteiger partial charge in [-0.25, -0.2) is 9.79 Å². The van der Waals surface area contributed by atoms with Gasteiger partial charge in [-0.3, -0.25) is 10.1 Å². The molecule has 1 heterocycles. The van der Waals surface area contributed by atoms with Crippen LogP contribution in [0.1, 0.15) is 11.1 Å². The Kier molecular flexibility index (Phi) is 5.16. The molecule has 2 aromatic rings. The summed E-state index contributed by atoms with van der Waals surface area (Å²) in [7, 11) is 0. The maximum absolute atomic E-state index is 11.9. The number of carbonyl (C=O) groups excluding carboxylic acids is 1. The number of rotatable bonds is 4. The largest absolute Gasteiger partial charge is 0.403 e. The fourth-order valence-corrected chi connectivity index (χ4v) is 2.47. The molecular weight excluding hydrogens is 379 g/mol. The molecule has 26 heavy (non-hydrogen) atoms. The average Bonchev–Trinajstić information content (AvgIpc) is 2.96. The van der Waals surface area contributed by atoms with E-state index in [0.717, 1.165) is 0 Å². The van der Waals surface area contributed by atoms with Gasteiger partial charge in [0.1, 0.15) is 0 Å². The highest BCUT2D eigenvalue weighted by molar-refractivity contribution is 6.42. The molecule has 0 saturated carbocycles. The number of esters is 1. The number of halogens is 2. The minimum absolute atomic E-state index is 0.0299. The molecule has 0 bridgehead atoms. The van der Waals surface area contributed by atoms with Crippen molar-refractivity contribution in [1.82, 2.24) is 0 Å². The number of hydrogen-bond donors (Lipinski definition) is 0. The predicted octanol–water partition coefficient (Wildman–Crippen LogP) is 4.91. The van der Waals surface area contributed by atoms with E-state index in [1.165, 1.54) is 24.3 Å². The van der Waals surface area contributed by atoms with Gasteiger partial charge in [0.15, 0.2) is 5.70 Å². The third-order valence-corrected chi connectivity index (χ3v) is 4.12. The first-order valence-electron chi connectivity index (χ1n) is 7.32. The molecule has 8 heteroatoms. The number of carbonyl (C=O) groups is 1. The molecule has 0 atom stereocenters. The first-order valence-corrected chi connectivity index (χ1v) is 8.08. The Bertz CT molecular complexity index is 996. The molecule has 0 aromatic heterocycles. The van der Waals surface area contributed by atoms with Crippen molar-refractivity contribution in [2.45, 2.75) is 0 Å². The lowest BCUT2D eigenvalue weighted by atomic mass is 10.2. The molecule has 0 radical (unpaired) electrons. The average molecular weight is 389 g/mol. The van der Waals surface area contributed by atoms with Crippen LogP contribution in [-0.4, -0.2) is 16.8 Å². The summed E-state index contributed by atoms with van der Waals surface area (Å²) in [6.45, 7) is 0. The zero-order valence-corrected chi connectivity index (χ0v) is 14.6. The molecule has 6 nitrogen and oxygen atoms in total. The van der Waals surface area contributed by atoms with Gasteiger partial charge in [0.2, 0.25) is 5.90 Å². The van der Waals surface area contributed by atoms with Gasteiger partial charge >= 0.3 is 5.97 Å². The molecule has 0 unspecified atom stereocenters. The van der Waals surface area contributed by atoms with Crippen molar-refractivity contribution in [3.8, 4) is 0 Å². The Morgan fingerprint density at radius 3 is 2.58 bits per heavy atom. The van der Waals surface area contributed by atoms with E-state index in [2.05, 4.69) is 4.99 Å². The van der Waals surface area contributed by atoms with E-state index < -0.39 is 10.9 Å². The normalized spacial score (nSPS) is 15.4. The number of non-ortho nitro benzene ring substituents is 1. The maximum atomic E-state index is 11.9. The van der Waals surface area contributed by atoms with E-state index in [0.29, 0.717) is 21.2 Å². The van der Waals surface area contributed by atoms with Gasteiger partial charge in [-0.2, -0.15) is 0 Å². The zero-order valence-electron chi connectivity index (χ0n) is 13.1. The minimum Gasteiger partial charge on any atom is -0.403 e. The number of cyclic esters (lactones) is 1. The van der Waals surface area contributed by atoms with Gasteiger partial charge in [-0.15, -0.1) is 0 Å². The van der Waals surface area contributed by atoms with Crippen LogP contribution in [0.15, 0.2) is 59.2 Å². The van der Waals surface area contributed by atoms with Crippen LogP contribution in [0.3, 0.4) is 0 Å². The van der Waals surface area contributed by atoms with Crippen LogP contribution in [0.4, 0.5) is 5.69 Å². The second-order valence-electron chi connectivity index (χ2n) is 5.23. The second-order valence-corrected chi connectivity index (χ2v) is 6.04. The summed E-state index contributed by atoms with van der Waals surface area (Å²) in [4.78, 5) is 26.3. The summed E-state index contributed by atoms with van der Waals surface area (Å²) in [5.74, 6) is -0.511. The van der Waals surface area contributed by atoms with Gasteiger partial charge in [-0.05, 0) is 35.4 Å². The number of benzene rings is 2. The molecule has 0 amide bonds. The van der Waals surface area contributed by atoms with Crippen LogP contribution in [-0.2, 0) is 9.53 Å². The van der Waals surface area contributed by atoms with Gasteiger partial charge < -0.3 is 4.74 Å². The third-order valence-electron chi connectivity index (χ3n) is 3.38. The number of nitrogens with zero attached hydrogens (tertiary/aromatic N) is 2. The number of hydrogen-bond acceptors (Lipinski definition) is 5. The minimum atomic E-state index is -0.602. The third kappa shape index (κ3) is 4.17. The lowest BCUT2D eigenvalue weighted by Gasteiger charge is -1.97. The van der Waals surface area contributed by atoms with Crippen molar-refractivity contribution in [2.75, 3.05) is 0 Å². The van der Waals surface area contributed by atoms with Crippen molar-refractivity contribution in [2.24, 2.45) is 4.99 Å². The van der Waals surface area contributed by atoms with E-state index in [-0.39, 0.29) is 17.3 Å². The van der Waals surface area contributed by atoms with Gasteiger partial charge in [-0.1, -0.05) is 41.4 Å². The van der Waals surface area contributed by atoms with Crippen LogP contribution in [0.5, 0.6) is 0 Å². The van der Waals surface area contributed by atoms with E-state index in [4.69, 9.17) is 27.9 Å². The Hall–Kier alpha value is -2.96. The van der Waals surface area contributed by atoms with E-state index in [1.54, 1.807) is 36.4 Å². The van der Waals surface area contributed by atoms with Crippen molar-refractivity contribution >= 4 is 52.9 Å². The Balaban J connectivity index is 1.81. The Morgan fingerprint density at radius 1 is 1.04 bits per heavy atom. The summed E-state index contributed by atoms with van der Waals surface area (Å²) in [5.41, 5.74) is 1.32. The van der Waals surface area contributed by atoms with Crippen molar-refractivity contribution in [3.05, 3.63) is 85.5 Å². The van der Waals surface area contributed by atoms with E-state index >= 15 is 0 Å². The quantitative estimate of drug-likeness (QED) is 0.322. The second kappa shape index (κ2) is 7.51. The first kappa shape index (κ1) is 17.8. The first-order chi connectivity index (χ1) is 12.4. The van der Waals surface area contributed by atoms with E-state index in [1.807, 2.05) is 0 Å². The van der Waals surface area contributed by atoms with Crippen molar-refractivity contribution in [3.63, 3.8) is 0 Å². The highest BCUT2D eigenvalue weighted by Crippen LogP contribution is 2.25. The van der Waals surface area contributed by atoms with Gasteiger partial charge in [0.25, 0.3) is 5.69 Å². The Labute approximate surface area is 158 Å². The number of aliphatic imine (C=N–C) groups is 1. The van der Waals surface area contributed by atoms with Gasteiger partial charge in [0.05, 0.1) is 15.0 Å². The van der Waals surface area contributed by atoms with Crippen LogP contribution < -0.4 is 0 Å². The van der Waals surface area contributed by atoms with Crippen LogP contribution in [0, 0.1) is 10.1 Å². The van der Waals surface area contributed by atoms with Crippen LogP contribution >= 0.6 is 23.2 Å². The monoisotopic (exact) mass is 388 g/mol. The summed E-state index contributed by atoms with van der Waals surface area (Å²) >= 11 is 11.8. The molecule has 3 rings (SSSR count). The molecular formula is C18H10Cl2N2O4. The molecule has 130 valence electrons. The zero-order chi connectivity index (χ0) is 18.7. The number of nitro benzene ring substituents is 1. The smallest absolute Gasteiger partial charge is 0.363 e. The topological polar surface area (TPSA) is 81.8 Å². The fourth-order valence-electron chi connectivity index (χ4n) is 2.17. The SMILES string of the molecule is O=C1OC(/C=C\c2cccc([N+](=O)[O-])c2)=NC/1=C/c1ccc(Cl)c(Cl)c1. The highest BCUT2D eigenvalue weighted by Gasteiger charge is 2.21. The highest BCUT2D eigenvalue weighted by atomic mass is 35.5. The lowest BCUT2D eigenvalue weighted by Crippen LogP contribution is -2.01. The Morgan fingerprint density at radius 2 is 1.85 bits per heavy atom. The van der Waals surface area contributed by atoms with Crippen molar-refractivity contribution < 1.29 is 14.5 Å². The fraction of sp³-hybridized carbons (Fsp3) is 0. The predicted molar refractivity (Wildman–Crippen MR) is 100 cm³/mol. The molecule has 1 aliphatic heterocycles. The van der Waals surface area contributed by atoms with Crippen LogP contribution in [0.2, 0.25) is 10.0 Å². The molecule has 0 aliphatic carbocycles. The molecule has 1 aliphatic rings. The molecule has 0 saturated heterocycles. The van der Waals surface area contributed by atoms with Crippen LogP contribution in [0.25, 0.3) is 12.2 Å². The standard InChI is InChI=1S/C18H10Cl2N2O4/c19-14-6-4-12(9-15(14)20)10-16-18(23)26-17(21-16)7-5-11-2-1-3-13(8-11)22(24)25/h1-10H/b7-5-,16-10+. The summed E-state index contributed by atoms with van der Waals surface area (Å²) in [6, 6.07) is 11.0. The molecule has 0 fully saturated rings. The van der Waals surface area contributed by atoms with Crippen molar-refractivity contribution in [1.29, 1.82) is 0 Å². The molecule has 0 spiro atoms. The number of ether oxygens (including phenoxy) is 1. The van der Waals surface area contributed by atoms with E-state index in [9.17, 15) is 14.9 Å². The summed E-state index contributed by atoms with van der Waals surface area (Å²) in [5, 5.41) is 11.6. The lowest BCUT2D eigenvalue weighted by molar-refractivity contribution is -0.384. The number of nitro groups is 1. The molecule has 0 N–H and O–H groups in total. The summed E-state index contributed by atoms with van der Waals surface area (Å²) in [6.07, 6.45) is 4.56. The van der Waals surface area contributed by atoms with Gasteiger partial charge in [0, 0.05) is 18.2 Å². The molecule has 2 aromatic carbocycles. The maximum Gasteiger partial charge on any atom is 0.363 e.